The lowest BCUT2D eigenvalue weighted by atomic mass is 10.0. The molecule has 1 aromatic heterocycles. The Balaban J connectivity index is 2.50. The molecule has 0 atom stereocenters. The van der Waals surface area contributed by atoms with Crippen molar-refractivity contribution in [3.8, 4) is 0 Å². The quantitative estimate of drug-likeness (QED) is 0.831. The van der Waals surface area contributed by atoms with Gasteiger partial charge in [0, 0.05) is 39.2 Å². The van der Waals surface area contributed by atoms with Crippen LogP contribution in [-0.4, -0.2) is 37.0 Å². The summed E-state index contributed by atoms with van der Waals surface area (Å²) in [6, 6.07) is 0. The zero-order valence-corrected chi connectivity index (χ0v) is 13.3. The second kappa shape index (κ2) is 6.52. The van der Waals surface area contributed by atoms with Crippen LogP contribution in [0, 0.1) is 6.92 Å². The van der Waals surface area contributed by atoms with E-state index in [-0.39, 0.29) is 42.9 Å². The summed E-state index contributed by atoms with van der Waals surface area (Å²) in [6.07, 6.45) is -4.55. The number of aromatic nitrogens is 1. The van der Waals surface area contributed by atoms with Gasteiger partial charge in [0.1, 0.15) is 5.82 Å². The van der Waals surface area contributed by atoms with Gasteiger partial charge in [-0.3, -0.25) is 4.79 Å². The van der Waals surface area contributed by atoms with Gasteiger partial charge in [0.25, 0.3) is 5.91 Å². The summed E-state index contributed by atoms with van der Waals surface area (Å²) in [5.41, 5.74) is -1.49. The first kappa shape index (κ1) is 18.4. The van der Waals surface area contributed by atoms with Crippen LogP contribution in [0.4, 0.5) is 27.8 Å². The molecule has 1 saturated heterocycles. The molecule has 2 rings (SSSR count). The minimum absolute atomic E-state index is 0.0116. The van der Waals surface area contributed by atoms with Crippen molar-refractivity contribution in [2.24, 2.45) is 0 Å². The molecule has 134 valence electrons. The highest BCUT2D eigenvalue weighted by molar-refractivity contribution is 6.00. The first-order valence-electron chi connectivity index (χ1n) is 7.48. The van der Waals surface area contributed by atoms with Gasteiger partial charge in [-0.25, -0.2) is 13.8 Å². The predicted molar refractivity (Wildman–Crippen MR) is 78.4 cm³/mol. The van der Waals surface area contributed by atoms with Gasteiger partial charge in [-0.2, -0.15) is 13.2 Å². The van der Waals surface area contributed by atoms with Crippen LogP contribution in [0.15, 0.2) is 6.20 Å². The van der Waals surface area contributed by atoms with E-state index in [1.165, 1.54) is 18.9 Å². The van der Waals surface area contributed by atoms with Crippen LogP contribution in [-0.2, 0) is 6.18 Å². The molecule has 0 bridgehead atoms. The monoisotopic (exact) mass is 351 g/mol. The minimum atomic E-state index is -4.65. The number of carbonyl (C=O) groups excluding carboxylic acids is 1. The Bertz CT molecular complexity index is 630. The van der Waals surface area contributed by atoms with Crippen LogP contribution >= 0.6 is 0 Å². The van der Waals surface area contributed by atoms with Gasteiger partial charge in [-0.1, -0.05) is 0 Å². The number of nitrogens with one attached hydrogen (secondary N) is 1. The number of carbonyl (C=O) groups is 1. The van der Waals surface area contributed by atoms with Crippen LogP contribution in [0.1, 0.15) is 40.7 Å². The maximum atomic E-state index is 13.5. The van der Waals surface area contributed by atoms with Gasteiger partial charge in [0.2, 0.25) is 5.92 Å². The minimum Gasteiger partial charge on any atom is -0.356 e. The fraction of sp³-hybridized carbons (Fsp3) is 0.600. The van der Waals surface area contributed by atoms with Crippen molar-refractivity contribution in [1.29, 1.82) is 0 Å². The molecule has 1 aliphatic rings. The molecule has 0 radical (unpaired) electrons. The van der Waals surface area contributed by atoms with Crippen molar-refractivity contribution in [2.45, 2.75) is 38.3 Å². The van der Waals surface area contributed by atoms with Crippen LogP contribution in [0.25, 0.3) is 0 Å². The van der Waals surface area contributed by atoms with Crippen molar-refractivity contribution in [1.82, 2.24) is 10.3 Å². The summed E-state index contributed by atoms with van der Waals surface area (Å²) < 4.78 is 66.2. The fourth-order valence-electron chi connectivity index (χ4n) is 2.79. The summed E-state index contributed by atoms with van der Waals surface area (Å²) in [7, 11) is 1.29. The highest BCUT2D eigenvalue weighted by atomic mass is 19.4. The maximum Gasteiger partial charge on any atom is 0.418 e. The van der Waals surface area contributed by atoms with E-state index < -0.39 is 30.0 Å². The van der Waals surface area contributed by atoms with Gasteiger partial charge in [-0.15, -0.1) is 0 Å². The summed E-state index contributed by atoms with van der Waals surface area (Å²) in [4.78, 5) is 17.3. The third-order valence-corrected chi connectivity index (χ3v) is 4.10. The summed E-state index contributed by atoms with van der Waals surface area (Å²) >= 11 is 0. The van der Waals surface area contributed by atoms with Gasteiger partial charge < -0.3 is 10.2 Å². The molecular formula is C15H18F5N3O. The Morgan fingerprint density at radius 3 is 2.54 bits per heavy atom. The van der Waals surface area contributed by atoms with Crippen LogP contribution in [0.5, 0.6) is 0 Å². The number of pyridine rings is 1. The van der Waals surface area contributed by atoms with Crippen molar-refractivity contribution < 1.29 is 26.7 Å². The average Bonchev–Trinajstić information content (AvgIpc) is 2.65. The first-order valence-corrected chi connectivity index (χ1v) is 7.48. The molecule has 1 aromatic rings. The fourth-order valence-corrected chi connectivity index (χ4v) is 2.79. The SMILES string of the molecule is CNC(=O)c1c(N2CCCC(F)(F)CC2)ncc(C(F)(F)F)c1C. The molecule has 0 unspecified atom stereocenters. The van der Waals surface area contributed by atoms with Crippen molar-refractivity contribution in [3.05, 3.63) is 22.9 Å². The summed E-state index contributed by atoms with van der Waals surface area (Å²) in [5, 5.41) is 2.29. The largest absolute Gasteiger partial charge is 0.418 e. The van der Waals surface area contributed by atoms with Gasteiger partial charge in [-0.05, 0) is 18.9 Å². The smallest absolute Gasteiger partial charge is 0.356 e. The Morgan fingerprint density at radius 1 is 1.29 bits per heavy atom. The zero-order valence-electron chi connectivity index (χ0n) is 13.3. The Kier molecular flexibility index (Phi) is 5.00. The van der Waals surface area contributed by atoms with Gasteiger partial charge in [0.05, 0.1) is 11.1 Å². The first-order chi connectivity index (χ1) is 11.1. The summed E-state index contributed by atoms with van der Waals surface area (Å²) in [6.45, 7) is 1.32. The number of anilines is 1. The Morgan fingerprint density at radius 2 is 1.96 bits per heavy atom. The number of halogens is 5. The number of rotatable bonds is 2. The van der Waals surface area contributed by atoms with E-state index in [1.54, 1.807) is 0 Å². The van der Waals surface area contributed by atoms with E-state index >= 15 is 0 Å². The number of hydrogen-bond donors (Lipinski definition) is 1. The molecule has 1 amide bonds. The molecular weight excluding hydrogens is 333 g/mol. The highest BCUT2D eigenvalue weighted by Gasteiger charge is 2.37. The number of amides is 1. The molecule has 9 heteroatoms. The molecule has 1 aliphatic heterocycles. The Hall–Kier alpha value is -1.93. The zero-order chi connectivity index (χ0) is 18.1. The van der Waals surface area contributed by atoms with E-state index in [9.17, 15) is 26.7 Å². The molecule has 2 heterocycles. The lowest BCUT2D eigenvalue weighted by Crippen LogP contribution is -2.31. The second-order valence-corrected chi connectivity index (χ2v) is 5.77. The van der Waals surface area contributed by atoms with E-state index in [1.807, 2.05) is 0 Å². The van der Waals surface area contributed by atoms with E-state index in [0.717, 1.165) is 0 Å². The third-order valence-electron chi connectivity index (χ3n) is 4.10. The van der Waals surface area contributed by atoms with Gasteiger partial charge in [0.15, 0.2) is 0 Å². The second-order valence-electron chi connectivity index (χ2n) is 5.77. The Labute approximate surface area is 136 Å². The molecule has 0 aliphatic carbocycles. The van der Waals surface area contributed by atoms with Crippen molar-refractivity contribution in [3.63, 3.8) is 0 Å². The molecule has 1 fully saturated rings. The normalized spacial score (nSPS) is 18.2. The van der Waals surface area contributed by atoms with E-state index in [0.29, 0.717) is 6.20 Å². The third kappa shape index (κ3) is 3.76. The van der Waals surface area contributed by atoms with Crippen molar-refractivity contribution >= 4 is 11.7 Å². The lowest BCUT2D eigenvalue weighted by molar-refractivity contribution is -0.138. The molecule has 0 aromatic carbocycles. The average molecular weight is 351 g/mol. The maximum absolute atomic E-state index is 13.5. The van der Waals surface area contributed by atoms with Crippen molar-refractivity contribution in [2.75, 3.05) is 25.0 Å². The molecule has 24 heavy (non-hydrogen) atoms. The number of alkyl halides is 5. The van der Waals surface area contributed by atoms with Crippen LogP contribution in [0.3, 0.4) is 0 Å². The standard InChI is InChI=1S/C15H18F5N3O/c1-9-10(15(18,19)20)8-22-12(11(9)13(24)21-2)23-6-3-4-14(16,17)5-7-23/h8H,3-7H2,1-2H3,(H,21,24). The van der Waals surface area contributed by atoms with Gasteiger partial charge >= 0.3 is 6.18 Å². The molecule has 1 N–H and O–H groups in total. The molecule has 0 saturated carbocycles. The lowest BCUT2D eigenvalue weighted by Gasteiger charge is -2.26. The van der Waals surface area contributed by atoms with Crippen LogP contribution < -0.4 is 10.2 Å². The van der Waals surface area contributed by atoms with E-state index in [2.05, 4.69) is 10.3 Å². The number of nitrogens with zero attached hydrogens (tertiary/aromatic N) is 2. The predicted octanol–water partition coefficient (Wildman–Crippen LogP) is 3.39. The summed E-state index contributed by atoms with van der Waals surface area (Å²) in [5.74, 6) is -3.53. The molecule has 4 nitrogen and oxygen atoms in total. The van der Waals surface area contributed by atoms with E-state index in [4.69, 9.17) is 0 Å². The molecule has 0 spiro atoms. The number of hydrogen-bond acceptors (Lipinski definition) is 3. The topological polar surface area (TPSA) is 45.2 Å². The highest BCUT2D eigenvalue weighted by Crippen LogP contribution is 2.36. The van der Waals surface area contributed by atoms with Crippen LogP contribution in [0.2, 0.25) is 0 Å².